The minimum atomic E-state index is 0.728. The lowest BCUT2D eigenvalue weighted by Gasteiger charge is -2.28. The number of hydrogen-bond acceptors (Lipinski definition) is 4. The Morgan fingerprint density at radius 2 is 1.91 bits per heavy atom. The van der Waals surface area contributed by atoms with Crippen LogP contribution in [0.5, 0.6) is 0 Å². The van der Waals surface area contributed by atoms with Crippen molar-refractivity contribution in [2.24, 2.45) is 4.99 Å². The van der Waals surface area contributed by atoms with E-state index in [4.69, 9.17) is 9.98 Å². The molecule has 0 amide bonds. The first kappa shape index (κ1) is 23.4. The molecule has 1 aliphatic heterocycles. The summed E-state index contributed by atoms with van der Waals surface area (Å²) in [6, 6.07) is 16.9. The van der Waals surface area contributed by atoms with Gasteiger partial charge >= 0.3 is 0 Å². The topological polar surface area (TPSA) is 41.4 Å². The summed E-state index contributed by atoms with van der Waals surface area (Å²) >= 11 is 0. The fraction of sp³-hybridized carbons (Fsp3) is 0.233. The van der Waals surface area contributed by atoms with E-state index in [0.29, 0.717) is 0 Å². The average Bonchev–Trinajstić information content (AvgIpc) is 2.89. The van der Waals surface area contributed by atoms with Crippen LogP contribution in [-0.2, 0) is 6.42 Å². The Bertz CT molecular complexity index is 1230. The number of aryl methyl sites for hydroxylation is 1. The molecular weight excluding hydrogens is 416 g/mol. The number of allylic oxidation sites excluding steroid dienone is 3. The third-order valence-corrected chi connectivity index (χ3v) is 6.28. The highest BCUT2D eigenvalue weighted by Crippen LogP contribution is 2.25. The van der Waals surface area contributed by atoms with Crippen molar-refractivity contribution in [3.05, 3.63) is 108 Å². The molecular formula is C30H32N4. The molecule has 4 rings (SSSR count). The van der Waals surface area contributed by atoms with Gasteiger partial charge in [-0.25, -0.2) is 0 Å². The highest BCUT2D eigenvalue weighted by Gasteiger charge is 2.13. The first-order chi connectivity index (χ1) is 16.6. The second-order valence-corrected chi connectivity index (χ2v) is 8.62. The van der Waals surface area contributed by atoms with E-state index in [0.717, 1.165) is 48.7 Å². The van der Waals surface area contributed by atoms with Crippen molar-refractivity contribution in [2.45, 2.75) is 33.6 Å². The number of pyridine rings is 2. The summed E-state index contributed by atoms with van der Waals surface area (Å²) in [7, 11) is 0. The lowest BCUT2D eigenvalue weighted by atomic mass is 10.0. The lowest BCUT2D eigenvalue weighted by molar-refractivity contribution is 0.379. The number of aliphatic imine (C=N–C) groups is 1. The maximum atomic E-state index is 4.79. The molecule has 0 aliphatic carbocycles. The molecule has 0 bridgehead atoms. The van der Waals surface area contributed by atoms with E-state index in [1.165, 1.54) is 28.0 Å². The summed E-state index contributed by atoms with van der Waals surface area (Å²) in [5, 5.41) is 0. The third-order valence-electron chi connectivity index (χ3n) is 6.28. The van der Waals surface area contributed by atoms with Crippen molar-refractivity contribution in [3.63, 3.8) is 0 Å². The van der Waals surface area contributed by atoms with Crippen molar-refractivity contribution >= 4 is 17.0 Å². The molecule has 0 unspecified atom stereocenters. The predicted molar refractivity (Wildman–Crippen MR) is 143 cm³/mol. The van der Waals surface area contributed by atoms with Gasteiger partial charge in [-0.3, -0.25) is 15.0 Å². The van der Waals surface area contributed by atoms with E-state index in [1.54, 1.807) is 0 Å². The van der Waals surface area contributed by atoms with E-state index in [2.05, 4.69) is 78.9 Å². The van der Waals surface area contributed by atoms with Crippen LogP contribution in [0, 0.1) is 6.92 Å². The van der Waals surface area contributed by atoms with Crippen LogP contribution in [0.4, 0.5) is 5.69 Å². The molecule has 4 nitrogen and oxygen atoms in total. The standard InChI is InChI=1S/C30H32N4/c1-5-23(4)34-17-14-26(15-18-34)30-12-11-29(21-32-30)33-28(6-2)20-24-7-9-25(10-8-24)27-13-16-31-22(3)19-27/h5-14,16,19,21H,2,15,17-18,20H2,1,3-4H3. The van der Waals surface area contributed by atoms with Gasteiger partial charge in [0.15, 0.2) is 0 Å². The SMILES string of the molecule is C=CC(Cc1ccc(-c2ccnc(C)c2)cc1)=Nc1ccc(C2=CCN(C(C)=CC)CC2)nc1. The number of nitrogens with zero attached hydrogens (tertiary/aromatic N) is 4. The molecule has 1 aliphatic rings. The van der Waals surface area contributed by atoms with Crippen LogP contribution < -0.4 is 0 Å². The predicted octanol–water partition coefficient (Wildman–Crippen LogP) is 6.97. The molecule has 2 aromatic heterocycles. The van der Waals surface area contributed by atoms with Crippen LogP contribution in [0.3, 0.4) is 0 Å². The summed E-state index contributed by atoms with van der Waals surface area (Å²) in [5.74, 6) is 0. The maximum absolute atomic E-state index is 4.79. The van der Waals surface area contributed by atoms with E-state index in [-0.39, 0.29) is 0 Å². The number of benzene rings is 1. The van der Waals surface area contributed by atoms with Crippen LogP contribution in [-0.4, -0.2) is 33.7 Å². The molecule has 4 heteroatoms. The highest BCUT2D eigenvalue weighted by molar-refractivity contribution is 5.97. The van der Waals surface area contributed by atoms with Gasteiger partial charge in [0.2, 0.25) is 0 Å². The van der Waals surface area contributed by atoms with Gasteiger partial charge in [0.1, 0.15) is 0 Å². The zero-order valence-corrected chi connectivity index (χ0v) is 20.3. The molecule has 0 saturated carbocycles. The van der Waals surface area contributed by atoms with Crippen LogP contribution in [0.25, 0.3) is 16.7 Å². The summed E-state index contributed by atoms with van der Waals surface area (Å²) in [6.07, 6.45) is 11.7. The molecule has 34 heavy (non-hydrogen) atoms. The first-order valence-corrected chi connectivity index (χ1v) is 11.8. The van der Waals surface area contributed by atoms with E-state index in [1.807, 2.05) is 37.5 Å². The number of hydrogen-bond donors (Lipinski definition) is 0. The molecule has 1 aromatic carbocycles. The normalized spacial score (nSPS) is 14.7. The molecule has 172 valence electrons. The minimum absolute atomic E-state index is 0.728. The van der Waals surface area contributed by atoms with Crippen molar-refractivity contribution in [3.8, 4) is 11.1 Å². The monoisotopic (exact) mass is 448 g/mol. The van der Waals surface area contributed by atoms with Crippen LogP contribution in [0.2, 0.25) is 0 Å². The van der Waals surface area contributed by atoms with E-state index >= 15 is 0 Å². The summed E-state index contributed by atoms with van der Waals surface area (Å²) in [4.78, 5) is 16.2. The Labute approximate surface area is 203 Å². The van der Waals surface area contributed by atoms with Crippen molar-refractivity contribution < 1.29 is 0 Å². The molecule has 3 heterocycles. The van der Waals surface area contributed by atoms with Crippen LogP contribution >= 0.6 is 0 Å². The Morgan fingerprint density at radius 3 is 2.53 bits per heavy atom. The Hall–Kier alpha value is -3.79. The van der Waals surface area contributed by atoms with Crippen molar-refractivity contribution in [1.29, 1.82) is 0 Å². The zero-order chi connectivity index (χ0) is 23.9. The Morgan fingerprint density at radius 1 is 1.09 bits per heavy atom. The Kier molecular flexibility index (Phi) is 7.48. The molecule has 0 atom stereocenters. The molecule has 0 N–H and O–H groups in total. The van der Waals surface area contributed by atoms with Crippen molar-refractivity contribution in [1.82, 2.24) is 14.9 Å². The fourth-order valence-electron chi connectivity index (χ4n) is 4.12. The molecule has 0 spiro atoms. The molecule has 3 aromatic rings. The fourth-order valence-corrected chi connectivity index (χ4v) is 4.12. The van der Waals surface area contributed by atoms with Gasteiger partial charge in [-0.2, -0.15) is 0 Å². The van der Waals surface area contributed by atoms with Crippen molar-refractivity contribution in [2.75, 3.05) is 13.1 Å². The minimum Gasteiger partial charge on any atom is -0.371 e. The third kappa shape index (κ3) is 5.76. The number of rotatable bonds is 7. The second kappa shape index (κ2) is 10.9. The highest BCUT2D eigenvalue weighted by atomic mass is 15.1. The van der Waals surface area contributed by atoms with Gasteiger partial charge < -0.3 is 4.90 Å². The first-order valence-electron chi connectivity index (χ1n) is 11.8. The quantitative estimate of drug-likeness (QED) is 0.367. The summed E-state index contributed by atoms with van der Waals surface area (Å²) < 4.78 is 0. The molecule has 0 fully saturated rings. The molecule has 0 saturated heterocycles. The number of aromatic nitrogens is 2. The summed E-state index contributed by atoms with van der Waals surface area (Å²) in [6.45, 7) is 12.2. The van der Waals surface area contributed by atoms with Gasteiger partial charge in [0.25, 0.3) is 0 Å². The Balaban J connectivity index is 1.43. The largest absolute Gasteiger partial charge is 0.371 e. The van der Waals surface area contributed by atoms with Gasteiger partial charge in [0, 0.05) is 42.8 Å². The zero-order valence-electron chi connectivity index (χ0n) is 20.3. The summed E-state index contributed by atoms with van der Waals surface area (Å²) in [5.41, 5.74) is 10.0. The van der Waals surface area contributed by atoms with Crippen LogP contribution in [0.1, 0.15) is 37.2 Å². The van der Waals surface area contributed by atoms with Gasteiger partial charge in [-0.1, -0.05) is 43.0 Å². The second-order valence-electron chi connectivity index (χ2n) is 8.62. The molecule has 0 radical (unpaired) electrons. The average molecular weight is 449 g/mol. The maximum Gasteiger partial charge on any atom is 0.0816 e. The van der Waals surface area contributed by atoms with Gasteiger partial charge in [0.05, 0.1) is 17.6 Å². The van der Waals surface area contributed by atoms with Gasteiger partial charge in [-0.15, -0.1) is 0 Å². The smallest absolute Gasteiger partial charge is 0.0816 e. The van der Waals surface area contributed by atoms with Crippen LogP contribution in [0.15, 0.2) is 96.4 Å². The van der Waals surface area contributed by atoms with E-state index < -0.39 is 0 Å². The lowest BCUT2D eigenvalue weighted by Crippen LogP contribution is -2.26. The van der Waals surface area contributed by atoms with Gasteiger partial charge in [-0.05, 0) is 79.8 Å². The van der Waals surface area contributed by atoms with E-state index in [9.17, 15) is 0 Å².